The molecule has 0 fully saturated rings. The third kappa shape index (κ3) is 4.86. The molecule has 0 aromatic heterocycles. The number of amides is 1. The largest absolute Gasteiger partial charge is 0.483 e. The first kappa shape index (κ1) is 19.4. The first-order valence-corrected chi connectivity index (χ1v) is 9.22. The smallest absolute Gasteiger partial charge is 0.277 e. The average molecular weight is 372 g/mol. The molecular weight excluding hydrogens is 348 g/mol. The molecule has 0 atom stereocenters. The van der Waals surface area contributed by atoms with Crippen molar-refractivity contribution >= 4 is 11.6 Å². The fourth-order valence-corrected chi connectivity index (χ4v) is 2.80. The maximum Gasteiger partial charge on any atom is 0.277 e. The van der Waals surface area contributed by atoms with Crippen molar-refractivity contribution in [2.45, 2.75) is 20.8 Å². The molecule has 0 radical (unpaired) electrons. The van der Waals surface area contributed by atoms with Gasteiger partial charge < -0.3 is 4.74 Å². The van der Waals surface area contributed by atoms with Crippen LogP contribution in [0, 0.1) is 13.8 Å². The summed E-state index contributed by atoms with van der Waals surface area (Å²) >= 11 is 0. The first-order valence-electron chi connectivity index (χ1n) is 9.22. The Morgan fingerprint density at radius 3 is 2.39 bits per heavy atom. The van der Waals surface area contributed by atoms with Gasteiger partial charge in [-0.05, 0) is 55.2 Å². The van der Waals surface area contributed by atoms with Crippen molar-refractivity contribution in [3.05, 3.63) is 89.5 Å². The van der Waals surface area contributed by atoms with Gasteiger partial charge in [0.1, 0.15) is 5.75 Å². The molecule has 0 aliphatic rings. The quantitative estimate of drug-likeness (QED) is 0.495. The van der Waals surface area contributed by atoms with Crippen LogP contribution in [0.2, 0.25) is 0 Å². The molecule has 3 rings (SSSR count). The lowest BCUT2D eigenvalue weighted by Gasteiger charge is -2.11. The van der Waals surface area contributed by atoms with E-state index in [1.54, 1.807) is 0 Å². The summed E-state index contributed by atoms with van der Waals surface area (Å²) in [6, 6.07) is 23.7. The molecule has 0 saturated carbocycles. The zero-order valence-electron chi connectivity index (χ0n) is 16.4. The lowest BCUT2D eigenvalue weighted by atomic mass is 10.0. The molecule has 0 aliphatic carbocycles. The molecule has 3 aromatic carbocycles. The number of rotatable bonds is 6. The molecule has 0 unspecified atom stereocenters. The Morgan fingerprint density at radius 1 is 0.929 bits per heavy atom. The average Bonchev–Trinajstić information content (AvgIpc) is 2.73. The molecule has 4 nitrogen and oxygen atoms in total. The Kier molecular flexibility index (Phi) is 6.22. The van der Waals surface area contributed by atoms with E-state index in [2.05, 4.69) is 36.5 Å². The number of carbonyl (C=O) groups excluding carboxylic acids is 1. The molecule has 4 heteroatoms. The Balaban J connectivity index is 1.63. The SMILES string of the molecule is C/C(=N/NC(=O)COc1ccccc1-c1ccccc1)c1ccc(C)c(C)c1. The van der Waals surface area contributed by atoms with Gasteiger partial charge in [0.05, 0.1) is 5.71 Å². The number of nitrogens with one attached hydrogen (secondary N) is 1. The van der Waals surface area contributed by atoms with Crippen LogP contribution >= 0.6 is 0 Å². The summed E-state index contributed by atoms with van der Waals surface area (Å²) in [5.74, 6) is 0.366. The number of hydrogen-bond acceptors (Lipinski definition) is 3. The second-order valence-corrected chi connectivity index (χ2v) is 6.68. The molecule has 0 saturated heterocycles. The van der Waals surface area contributed by atoms with Crippen molar-refractivity contribution in [2.75, 3.05) is 6.61 Å². The zero-order chi connectivity index (χ0) is 19.9. The third-order valence-corrected chi connectivity index (χ3v) is 4.60. The Labute approximate surface area is 165 Å². The fourth-order valence-electron chi connectivity index (χ4n) is 2.80. The molecule has 0 bridgehead atoms. The molecule has 28 heavy (non-hydrogen) atoms. The van der Waals surface area contributed by atoms with Crippen molar-refractivity contribution in [2.24, 2.45) is 5.10 Å². The van der Waals surface area contributed by atoms with E-state index in [4.69, 9.17) is 4.74 Å². The van der Waals surface area contributed by atoms with Gasteiger partial charge in [-0.1, -0.05) is 60.7 Å². The predicted molar refractivity (Wildman–Crippen MR) is 114 cm³/mol. The van der Waals surface area contributed by atoms with Gasteiger partial charge in [-0.25, -0.2) is 5.43 Å². The van der Waals surface area contributed by atoms with Gasteiger partial charge in [0.25, 0.3) is 5.91 Å². The summed E-state index contributed by atoms with van der Waals surface area (Å²) in [5, 5.41) is 4.20. The number of benzene rings is 3. The van der Waals surface area contributed by atoms with Crippen LogP contribution in [-0.4, -0.2) is 18.2 Å². The van der Waals surface area contributed by atoms with Crippen LogP contribution in [0.3, 0.4) is 0 Å². The number of nitrogens with zero attached hydrogens (tertiary/aromatic N) is 1. The summed E-state index contributed by atoms with van der Waals surface area (Å²) in [6.07, 6.45) is 0. The number of para-hydroxylation sites is 1. The standard InChI is InChI=1S/C24H24N2O2/c1-17-13-14-21(15-18(17)2)19(3)25-26-24(27)16-28-23-12-8-7-11-22(23)20-9-5-4-6-10-20/h4-15H,16H2,1-3H3,(H,26,27)/b25-19-. The second-order valence-electron chi connectivity index (χ2n) is 6.68. The number of hydrazone groups is 1. The number of carbonyl (C=O) groups is 1. The van der Waals surface area contributed by atoms with Gasteiger partial charge in [0.15, 0.2) is 6.61 Å². The van der Waals surface area contributed by atoms with Crippen molar-refractivity contribution < 1.29 is 9.53 Å². The van der Waals surface area contributed by atoms with Crippen LogP contribution in [-0.2, 0) is 4.79 Å². The van der Waals surface area contributed by atoms with Gasteiger partial charge >= 0.3 is 0 Å². The van der Waals surface area contributed by atoms with Crippen molar-refractivity contribution in [1.29, 1.82) is 0 Å². The van der Waals surface area contributed by atoms with Crippen LogP contribution in [0.1, 0.15) is 23.6 Å². The maximum absolute atomic E-state index is 12.2. The highest BCUT2D eigenvalue weighted by atomic mass is 16.5. The van der Waals surface area contributed by atoms with E-state index in [0.717, 1.165) is 22.4 Å². The highest BCUT2D eigenvalue weighted by molar-refractivity contribution is 5.99. The van der Waals surface area contributed by atoms with Crippen molar-refractivity contribution in [3.8, 4) is 16.9 Å². The lowest BCUT2D eigenvalue weighted by molar-refractivity contribution is -0.123. The van der Waals surface area contributed by atoms with Crippen LogP contribution in [0.15, 0.2) is 77.9 Å². The van der Waals surface area contributed by atoms with Gasteiger partial charge in [-0.3, -0.25) is 4.79 Å². The van der Waals surface area contributed by atoms with Crippen LogP contribution in [0.4, 0.5) is 0 Å². The molecule has 0 aliphatic heterocycles. The summed E-state index contributed by atoms with van der Waals surface area (Å²) < 4.78 is 5.74. The van der Waals surface area contributed by atoms with Crippen molar-refractivity contribution in [3.63, 3.8) is 0 Å². The van der Waals surface area contributed by atoms with Gasteiger partial charge in [0.2, 0.25) is 0 Å². The molecule has 1 N–H and O–H groups in total. The highest BCUT2D eigenvalue weighted by Crippen LogP contribution is 2.29. The van der Waals surface area contributed by atoms with Gasteiger partial charge in [-0.15, -0.1) is 0 Å². The third-order valence-electron chi connectivity index (χ3n) is 4.60. The molecule has 0 heterocycles. The minimum absolute atomic E-state index is 0.104. The maximum atomic E-state index is 12.2. The minimum Gasteiger partial charge on any atom is -0.483 e. The van der Waals surface area contributed by atoms with E-state index < -0.39 is 0 Å². The number of aryl methyl sites for hydroxylation is 2. The Morgan fingerprint density at radius 2 is 1.64 bits per heavy atom. The lowest BCUT2D eigenvalue weighted by Crippen LogP contribution is -2.25. The topological polar surface area (TPSA) is 50.7 Å². The van der Waals surface area contributed by atoms with E-state index in [1.807, 2.05) is 67.6 Å². The summed E-state index contributed by atoms with van der Waals surface area (Å²) in [6.45, 7) is 5.89. The van der Waals surface area contributed by atoms with Crippen LogP contribution < -0.4 is 10.2 Å². The normalized spacial score (nSPS) is 11.2. The second kappa shape index (κ2) is 9.00. The molecule has 1 amide bonds. The van der Waals surface area contributed by atoms with Gasteiger partial charge in [-0.2, -0.15) is 5.10 Å². The summed E-state index contributed by atoms with van der Waals surface area (Å²) in [4.78, 5) is 12.2. The highest BCUT2D eigenvalue weighted by Gasteiger charge is 2.08. The van der Waals surface area contributed by atoms with E-state index in [0.29, 0.717) is 5.75 Å². The monoisotopic (exact) mass is 372 g/mol. The molecule has 3 aromatic rings. The summed E-state index contributed by atoms with van der Waals surface area (Å²) in [7, 11) is 0. The molecule has 0 spiro atoms. The van der Waals surface area contributed by atoms with E-state index in [-0.39, 0.29) is 12.5 Å². The Hall–Kier alpha value is -3.40. The number of ether oxygens (including phenoxy) is 1. The van der Waals surface area contributed by atoms with E-state index in [9.17, 15) is 4.79 Å². The summed E-state index contributed by atoms with van der Waals surface area (Å²) in [5.41, 5.74) is 8.72. The first-order chi connectivity index (χ1) is 13.5. The van der Waals surface area contributed by atoms with Crippen LogP contribution in [0.25, 0.3) is 11.1 Å². The number of hydrogen-bond donors (Lipinski definition) is 1. The fraction of sp³-hybridized carbons (Fsp3) is 0.167. The van der Waals surface area contributed by atoms with Crippen molar-refractivity contribution in [1.82, 2.24) is 5.43 Å². The Bertz CT molecular complexity index is 994. The molecular formula is C24H24N2O2. The zero-order valence-corrected chi connectivity index (χ0v) is 16.4. The van der Waals surface area contributed by atoms with Crippen LogP contribution in [0.5, 0.6) is 5.75 Å². The van der Waals surface area contributed by atoms with E-state index in [1.165, 1.54) is 11.1 Å². The minimum atomic E-state index is -0.300. The van der Waals surface area contributed by atoms with E-state index >= 15 is 0 Å². The molecule has 142 valence electrons. The predicted octanol–water partition coefficient (Wildman–Crippen LogP) is 4.89. The van der Waals surface area contributed by atoms with Gasteiger partial charge in [0, 0.05) is 5.56 Å².